The second-order valence-electron chi connectivity index (χ2n) is 24.1. The zero-order valence-electron chi connectivity index (χ0n) is 54.3. The number of benzene rings is 4. The standard InChI is InChI=1S/C36H35Cl2N5O5.C33H33Cl2N5O4.C3H3ClO/c1-5-31(44)41-25-15-22(28(45-2)17-27(25)42-10-6-36(7-11-42)8-13-48-20-36)24-16-26-21(19-40-24)14-23(35-39-9-12-43(26)35)32-33(37)29(46-3)18-30(47-4)34(32)38;1-41-26-15-25(39-8-4-33(5-9-39)6-11-44-18-33)22(36)13-20(26)23-14-24-19(17-38-23)12-21(32-37-7-10-40(24)32)29-30(34)27(42-2)16-28(43-3)31(29)35;1-2-3(4)5/h5,9,12,14-19H,1,6-8,10-11,13,20H2,2-4H3,(H,41,44);7,10,12-17H,4-6,8-9,11,18,36H2,1-3H3;2H,1H2. The molecule has 0 unspecified atom stereocenters. The highest BCUT2D eigenvalue weighted by Crippen LogP contribution is 2.51. The van der Waals surface area contributed by atoms with E-state index in [1.807, 2.05) is 75.9 Å². The van der Waals surface area contributed by atoms with E-state index in [-0.39, 0.29) is 11.3 Å². The van der Waals surface area contributed by atoms with Gasteiger partial charge in [-0.25, -0.2) is 9.97 Å². The van der Waals surface area contributed by atoms with Crippen molar-refractivity contribution in [2.24, 2.45) is 10.8 Å². The van der Waals surface area contributed by atoms with Crippen LogP contribution in [-0.4, -0.2) is 135 Å². The number of methoxy groups -OCH3 is 6. The maximum atomic E-state index is 12.6. The lowest BCUT2D eigenvalue weighted by atomic mass is 9.78. The van der Waals surface area contributed by atoms with Crippen LogP contribution in [0, 0.1) is 10.8 Å². The number of nitrogens with one attached hydrogen (secondary N) is 1. The fourth-order valence-corrected chi connectivity index (χ4v) is 14.9. The van der Waals surface area contributed by atoms with Gasteiger partial charge in [0.2, 0.25) is 11.1 Å². The molecular formula is C72H71Cl5N10O10. The van der Waals surface area contributed by atoms with Crippen LogP contribution in [0.3, 0.4) is 0 Å². The van der Waals surface area contributed by atoms with Crippen LogP contribution in [0.25, 0.3) is 77.9 Å². The number of nitrogen functional groups attached to an aromatic ring is 1. The average molecular weight is 1410 g/mol. The van der Waals surface area contributed by atoms with Crippen molar-refractivity contribution in [3.05, 3.63) is 143 Å². The number of piperidine rings is 2. The predicted octanol–water partition coefficient (Wildman–Crippen LogP) is 15.8. The molecule has 4 aliphatic rings. The fourth-order valence-electron chi connectivity index (χ4n) is 13.5. The lowest BCUT2D eigenvalue weighted by Crippen LogP contribution is -2.40. The number of halogens is 5. The maximum Gasteiger partial charge on any atom is 0.247 e. The number of aromatic nitrogens is 6. The van der Waals surface area contributed by atoms with Crippen LogP contribution in [0.15, 0.2) is 123 Å². The molecule has 14 rings (SSSR count). The summed E-state index contributed by atoms with van der Waals surface area (Å²) in [7, 11) is 9.50. The van der Waals surface area contributed by atoms with E-state index < -0.39 is 5.24 Å². The minimum atomic E-state index is -0.509. The van der Waals surface area contributed by atoms with Crippen molar-refractivity contribution < 1.29 is 47.5 Å². The minimum absolute atomic E-state index is 0.244. The van der Waals surface area contributed by atoms with Gasteiger partial charge in [-0.2, -0.15) is 0 Å². The van der Waals surface area contributed by atoms with Gasteiger partial charge >= 0.3 is 0 Å². The Kier molecular flexibility index (Phi) is 20.2. The molecule has 0 saturated carbocycles. The number of anilines is 4. The summed E-state index contributed by atoms with van der Waals surface area (Å²) in [5.41, 5.74) is 19.0. The van der Waals surface area contributed by atoms with Crippen molar-refractivity contribution in [3.8, 4) is 79.3 Å². The molecule has 0 atom stereocenters. The number of rotatable bonds is 15. The number of amides is 1. The monoisotopic (exact) mass is 1410 g/mol. The second kappa shape index (κ2) is 28.8. The highest BCUT2D eigenvalue weighted by Gasteiger charge is 2.40. The van der Waals surface area contributed by atoms with Crippen LogP contribution in [-0.2, 0) is 19.1 Å². The summed E-state index contributed by atoms with van der Waals surface area (Å²) in [5.74, 6) is 2.81. The van der Waals surface area contributed by atoms with E-state index in [1.54, 1.807) is 59.2 Å². The third kappa shape index (κ3) is 13.2. The molecule has 20 nitrogen and oxygen atoms in total. The summed E-state index contributed by atoms with van der Waals surface area (Å²) in [6.07, 6.45) is 19.7. The lowest BCUT2D eigenvalue weighted by Gasteiger charge is -2.40. The van der Waals surface area contributed by atoms with Crippen molar-refractivity contribution in [1.82, 2.24) is 28.7 Å². The molecule has 4 saturated heterocycles. The Morgan fingerprint density at radius 1 is 0.526 bits per heavy atom. The number of ether oxygens (including phenoxy) is 8. The molecule has 504 valence electrons. The Labute approximate surface area is 585 Å². The smallest absolute Gasteiger partial charge is 0.247 e. The molecule has 0 bridgehead atoms. The quantitative estimate of drug-likeness (QED) is 0.0555. The Morgan fingerprint density at radius 2 is 0.928 bits per heavy atom. The molecule has 25 heteroatoms. The summed E-state index contributed by atoms with van der Waals surface area (Å²) in [4.78, 5) is 45.8. The Bertz CT molecular complexity index is 4650. The summed E-state index contributed by atoms with van der Waals surface area (Å²) in [6.45, 7) is 13.7. The normalized spacial score (nSPS) is 15.5. The van der Waals surface area contributed by atoms with E-state index in [2.05, 4.69) is 38.2 Å². The van der Waals surface area contributed by atoms with Crippen molar-refractivity contribution in [2.75, 3.05) is 116 Å². The minimum Gasteiger partial charge on any atom is -0.496 e. The topological polar surface area (TPSA) is 213 Å². The van der Waals surface area contributed by atoms with Gasteiger partial charge in [-0.05, 0) is 110 Å². The SMILES string of the molecule is C=CC(=O)Cl.C=CC(=O)Nc1cc(-c2cc3c(cn2)cc(-c2c(Cl)c(OC)cc(OC)c2Cl)c2nccn23)c(OC)cc1N1CCC2(CCOC2)CC1.COc1cc(N2CCC3(CCOC3)CC2)c(N)cc1-c1cc2c(cn1)cc(-c1c(Cl)c(OC)cc(OC)c1Cl)c1nccn12. The van der Waals surface area contributed by atoms with Gasteiger partial charge in [-0.1, -0.05) is 59.6 Å². The first kappa shape index (κ1) is 68.2. The first-order valence-corrected chi connectivity index (χ1v) is 33.2. The molecule has 10 aromatic rings. The Hall–Kier alpha value is -8.73. The molecule has 0 aliphatic carbocycles. The fraction of sp³-hybridized carbons (Fsp3) is 0.306. The molecule has 0 radical (unpaired) electrons. The highest BCUT2D eigenvalue weighted by molar-refractivity contribution is 6.66. The molecule has 97 heavy (non-hydrogen) atoms. The number of allylic oxidation sites excluding steroid dienone is 1. The number of hydrogen-bond acceptors (Lipinski definition) is 17. The van der Waals surface area contributed by atoms with E-state index in [1.165, 1.54) is 20.3 Å². The lowest BCUT2D eigenvalue weighted by molar-refractivity contribution is -0.112. The van der Waals surface area contributed by atoms with Crippen LogP contribution < -0.4 is 49.3 Å². The largest absolute Gasteiger partial charge is 0.496 e. The molecule has 1 amide bonds. The summed E-state index contributed by atoms with van der Waals surface area (Å²) >= 11 is 31.9. The van der Waals surface area contributed by atoms with E-state index in [0.717, 1.165) is 153 Å². The second-order valence-corrected chi connectivity index (χ2v) is 26.0. The van der Waals surface area contributed by atoms with E-state index in [0.29, 0.717) is 105 Å². The van der Waals surface area contributed by atoms with Gasteiger partial charge in [0.25, 0.3) is 0 Å². The first-order chi connectivity index (χ1) is 46.9. The summed E-state index contributed by atoms with van der Waals surface area (Å²) in [5, 5.41) is 5.63. The average Bonchev–Trinajstić information content (AvgIpc) is 1.74. The van der Waals surface area contributed by atoms with E-state index in [4.69, 9.17) is 112 Å². The van der Waals surface area contributed by atoms with Crippen LogP contribution in [0.1, 0.15) is 38.5 Å². The van der Waals surface area contributed by atoms with E-state index in [9.17, 15) is 9.59 Å². The number of hydrogen-bond donors (Lipinski definition) is 2. The molecule has 4 fully saturated rings. The zero-order valence-corrected chi connectivity index (χ0v) is 58.1. The number of nitrogens with two attached hydrogens (primary N) is 1. The van der Waals surface area contributed by atoms with Crippen LogP contribution >= 0.6 is 58.0 Å². The van der Waals surface area contributed by atoms with Gasteiger partial charge in [0, 0.05) is 145 Å². The summed E-state index contributed by atoms with van der Waals surface area (Å²) < 4.78 is 49.3. The number of carbonyl (C=O) groups excluding carboxylic acids is 2. The molecule has 6 aromatic heterocycles. The number of pyridine rings is 4. The molecule has 4 aliphatic heterocycles. The number of carbonyl (C=O) groups is 2. The molecule has 3 N–H and O–H groups in total. The molecule has 2 spiro atoms. The Morgan fingerprint density at radius 3 is 1.31 bits per heavy atom. The van der Waals surface area contributed by atoms with Crippen molar-refractivity contribution in [1.29, 1.82) is 0 Å². The van der Waals surface area contributed by atoms with Crippen molar-refractivity contribution in [3.63, 3.8) is 0 Å². The molecular weight excluding hydrogens is 1340 g/mol. The van der Waals surface area contributed by atoms with E-state index >= 15 is 0 Å². The van der Waals surface area contributed by atoms with Gasteiger partial charge in [0.1, 0.15) is 45.8 Å². The number of nitrogens with zero attached hydrogens (tertiary/aromatic N) is 8. The van der Waals surface area contributed by atoms with Crippen LogP contribution in [0.5, 0.6) is 34.5 Å². The first-order valence-electron chi connectivity index (χ1n) is 31.3. The van der Waals surface area contributed by atoms with Crippen molar-refractivity contribution in [2.45, 2.75) is 38.5 Å². The molecule has 10 heterocycles. The van der Waals surface area contributed by atoms with Gasteiger partial charge in [-0.3, -0.25) is 28.4 Å². The van der Waals surface area contributed by atoms with Gasteiger partial charge in [0.05, 0.1) is 121 Å². The van der Waals surface area contributed by atoms with Crippen LogP contribution in [0.4, 0.5) is 22.7 Å². The van der Waals surface area contributed by atoms with Gasteiger partial charge in [-0.15, -0.1) is 0 Å². The highest BCUT2D eigenvalue weighted by atomic mass is 35.5. The van der Waals surface area contributed by atoms with Gasteiger partial charge < -0.3 is 58.7 Å². The third-order valence-corrected chi connectivity index (χ3v) is 20.6. The zero-order chi connectivity index (χ0) is 68.4. The molecule has 4 aromatic carbocycles. The predicted molar refractivity (Wildman–Crippen MR) is 385 cm³/mol. The van der Waals surface area contributed by atoms with Crippen LogP contribution in [0.2, 0.25) is 20.1 Å². The maximum absolute atomic E-state index is 12.6. The number of imidazole rings is 2. The Balaban J connectivity index is 0.000000174. The number of fused-ring (bicyclic) bond motifs is 6. The summed E-state index contributed by atoms with van der Waals surface area (Å²) in [6, 6.07) is 19.2. The van der Waals surface area contributed by atoms with Crippen molar-refractivity contribution >= 4 is 125 Å². The van der Waals surface area contributed by atoms with Gasteiger partial charge in [0.15, 0.2) is 0 Å². The third-order valence-electron chi connectivity index (χ3n) is 18.9.